The molecule has 1 atom stereocenters. The van der Waals surface area contributed by atoms with Crippen LogP contribution in [0.4, 0.5) is 0 Å². The summed E-state index contributed by atoms with van der Waals surface area (Å²) in [5.74, 6) is 0.559. The van der Waals surface area contributed by atoms with E-state index in [2.05, 4.69) is 47.8 Å². The van der Waals surface area contributed by atoms with E-state index in [4.69, 9.17) is 5.73 Å². The van der Waals surface area contributed by atoms with Gasteiger partial charge in [-0.1, -0.05) is 6.92 Å². The van der Waals surface area contributed by atoms with Gasteiger partial charge in [0.2, 0.25) is 0 Å². The maximum absolute atomic E-state index is 5.81. The molecule has 0 radical (unpaired) electrons. The number of guanidine groups is 1. The maximum Gasteiger partial charge on any atom is 0.188 e. The quantitative estimate of drug-likeness (QED) is 0.549. The van der Waals surface area contributed by atoms with Crippen molar-refractivity contribution in [3.8, 4) is 0 Å². The van der Waals surface area contributed by atoms with Crippen LogP contribution in [0.25, 0.3) is 0 Å². The van der Waals surface area contributed by atoms with E-state index in [0.717, 1.165) is 26.2 Å². The molecule has 0 aromatic heterocycles. The molecule has 1 aliphatic rings. The molecule has 0 bridgehead atoms. The van der Waals surface area contributed by atoms with E-state index in [0.29, 0.717) is 18.0 Å². The van der Waals surface area contributed by atoms with E-state index < -0.39 is 0 Å². The lowest BCUT2D eigenvalue weighted by atomic mass is 10.2. The molecule has 1 saturated heterocycles. The molecule has 1 fully saturated rings. The Labute approximate surface area is 111 Å². The van der Waals surface area contributed by atoms with Crippen LogP contribution in [-0.4, -0.2) is 67.1 Å². The Morgan fingerprint density at radius 3 is 2.33 bits per heavy atom. The summed E-state index contributed by atoms with van der Waals surface area (Å²) in [5, 5.41) is 3.12. The highest BCUT2D eigenvalue weighted by atomic mass is 15.3. The Hall–Kier alpha value is -0.810. The van der Waals surface area contributed by atoms with Crippen molar-refractivity contribution in [1.29, 1.82) is 0 Å². The molecule has 0 aromatic carbocycles. The number of nitrogens with two attached hydrogens (primary N) is 1. The summed E-state index contributed by atoms with van der Waals surface area (Å²) in [4.78, 5) is 9.39. The zero-order valence-corrected chi connectivity index (χ0v) is 12.3. The monoisotopic (exact) mass is 255 g/mol. The van der Waals surface area contributed by atoms with Gasteiger partial charge in [-0.05, 0) is 27.3 Å². The van der Waals surface area contributed by atoms with Gasteiger partial charge in [-0.2, -0.15) is 0 Å². The molecule has 5 heteroatoms. The summed E-state index contributed by atoms with van der Waals surface area (Å²) in [6.07, 6.45) is 0. The lowest BCUT2D eigenvalue weighted by molar-refractivity contribution is 0.109. The highest BCUT2D eigenvalue weighted by Crippen LogP contribution is 2.06. The third-order valence-electron chi connectivity index (χ3n) is 3.44. The second-order valence-electron chi connectivity index (χ2n) is 5.34. The van der Waals surface area contributed by atoms with Crippen LogP contribution in [0.5, 0.6) is 0 Å². The molecule has 0 aliphatic carbocycles. The van der Waals surface area contributed by atoms with Gasteiger partial charge < -0.3 is 16.0 Å². The van der Waals surface area contributed by atoms with Crippen LogP contribution in [0, 0.1) is 0 Å². The van der Waals surface area contributed by atoms with Crippen LogP contribution in [0.3, 0.4) is 0 Å². The maximum atomic E-state index is 5.81. The van der Waals surface area contributed by atoms with Crippen LogP contribution in [0.1, 0.15) is 27.7 Å². The molecule has 1 rings (SSSR count). The average Bonchev–Trinajstić information content (AvgIpc) is 2.35. The molecule has 3 N–H and O–H groups in total. The molecule has 0 spiro atoms. The van der Waals surface area contributed by atoms with Crippen molar-refractivity contribution in [3.05, 3.63) is 0 Å². The summed E-state index contributed by atoms with van der Waals surface area (Å²) in [6, 6.07) is 0.814. The number of hydrogen-bond acceptors (Lipinski definition) is 3. The van der Waals surface area contributed by atoms with Gasteiger partial charge in [0.05, 0.1) is 6.54 Å². The van der Waals surface area contributed by atoms with E-state index in [1.54, 1.807) is 0 Å². The fourth-order valence-electron chi connectivity index (χ4n) is 2.21. The van der Waals surface area contributed by atoms with Gasteiger partial charge in [-0.15, -0.1) is 0 Å². The predicted octanol–water partition coefficient (Wildman–Crippen LogP) is 0.325. The van der Waals surface area contributed by atoms with Gasteiger partial charge >= 0.3 is 0 Å². The Morgan fingerprint density at radius 1 is 1.22 bits per heavy atom. The van der Waals surface area contributed by atoms with E-state index in [9.17, 15) is 0 Å². The average molecular weight is 255 g/mol. The number of rotatable bonds is 5. The Morgan fingerprint density at radius 2 is 1.83 bits per heavy atom. The minimum Gasteiger partial charge on any atom is -0.370 e. The van der Waals surface area contributed by atoms with Crippen molar-refractivity contribution in [3.63, 3.8) is 0 Å². The standard InChI is InChI=1S/C13H29N5/c1-5-17-6-8-18(9-7-17)12(4)10-15-13(14)16-11(2)3/h11-12H,5-10H2,1-4H3,(H3,14,15,16). The fourth-order valence-corrected chi connectivity index (χ4v) is 2.21. The number of nitrogens with one attached hydrogen (secondary N) is 1. The summed E-state index contributed by atoms with van der Waals surface area (Å²) in [5.41, 5.74) is 5.81. The first-order valence-electron chi connectivity index (χ1n) is 7.05. The van der Waals surface area contributed by atoms with Crippen LogP contribution >= 0.6 is 0 Å². The zero-order chi connectivity index (χ0) is 13.5. The van der Waals surface area contributed by atoms with Crippen molar-refractivity contribution in [2.75, 3.05) is 39.3 Å². The van der Waals surface area contributed by atoms with Crippen molar-refractivity contribution in [1.82, 2.24) is 15.1 Å². The second kappa shape index (κ2) is 7.59. The number of hydrogen-bond donors (Lipinski definition) is 2. The molecule has 0 aromatic rings. The number of aliphatic imine (C=N–C) groups is 1. The first kappa shape index (κ1) is 15.2. The molecule has 0 amide bonds. The van der Waals surface area contributed by atoms with E-state index in [1.165, 1.54) is 13.1 Å². The Kier molecular flexibility index (Phi) is 6.43. The third kappa shape index (κ3) is 5.23. The van der Waals surface area contributed by atoms with Crippen LogP contribution < -0.4 is 11.1 Å². The molecule has 106 valence electrons. The molecule has 1 unspecified atom stereocenters. The normalized spacial score (nSPS) is 21.3. The molecular weight excluding hydrogens is 226 g/mol. The van der Waals surface area contributed by atoms with Crippen molar-refractivity contribution >= 4 is 5.96 Å². The topological polar surface area (TPSA) is 56.9 Å². The summed E-state index contributed by atoms with van der Waals surface area (Å²) in [6.45, 7) is 15.1. The molecule has 5 nitrogen and oxygen atoms in total. The summed E-state index contributed by atoms with van der Waals surface area (Å²) < 4.78 is 0. The number of likely N-dealkylation sites (N-methyl/N-ethyl adjacent to an activating group) is 1. The van der Waals surface area contributed by atoms with Gasteiger partial charge in [-0.25, -0.2) is 0 Å². The lowest BCUT2D eigenvalue weighted by Crippen LogP contribution is -2.50. The Bertz CT molecular complexity index is 256. The summed E-state index contributed by atoms with van der Waals surface area (Å²) >= 11 is 0. The summed E-state index contributed by atoms with van der Waals surface area (Å²) in [7, 11) is 0. The number of piperazine rings is 1. The first-order chi connectivity index (χ1) is 8.52. The van der Waals surface area contributed by atoms with Crippen LogP contribution in [0.15, 0.2) is 4.99 Å². The highest BCUT2D eigenvalue weighted by molar-refractivity contribution is 5.78. The SMILES string of the molecule is CCN1CCN(C(C)CN=C(N)NC(C)C)CC1. The van der Waals surface area contributed by atoms with E-state index in [-0.39, 0.29) is 0 Å². The second-order valence-corrected chi connectivity index (χ2v) is 5.34. The largest absolute Gasteiger partial charge is 0.370 e. The lowest BCUT2D eigenvalue weighted by Gasteiger charge is -2.37. The molecule has 18 heavy (non-hydrogen) atoms. The fraction of sp³-hybridized carbons (Fsp3) is 0.923. The van der Waals surface area contributed by atoms with Gasteiger partial charge in [-0.3, -0.25) is 9.89 Å². The number of nitrogens with zero attached hydrogens (tertiary/aromatic N) is 3. The van der Waals surface area contributed by atoms with Crippen LogP contribution in [0.2, 0.25) is 0 Å². The molecule has 0 saturated carbocycles. The van der Waals surface area contributed by atoms with Gasteiger partial charge in [0.25, 0.3) is 0 Å². The smallest absolute Gasteiger partial charge is 0.188 e. The van der Waals surface area contributed by atoms with Gasteiger partial charge in [0.15, 0.2) is 5.96 Å². The van der Waals surface area contributed by atoms with Crippen molar-refractivity contribution in [2.24, 2.45) is 10.7 Å². The molecule has 1 aliphatic heterocycles. The zero-order valence-electron chi connectivity index (χ0n) is 12.3. The van der Waals surface area contributed by atoms with Gasteiger partial charge in [0.1, 0.15) is 0 Å². The van der Waals surface area contributed by atoms with E-state index >= 15 is 0 Å². The van der Waals surface area contributed by atoms with Crippen molar-refractivity contribution in [2.45, 2.75) is 39.8 Å². The Balaban J connectivity index is 2.31. The minimum atomic E-state index is 0.345. The highest BCUT2D eigenvalue weighted by Gasteiger charge is 2.19. The molecule has 1 heterocycles. The van der Waals surface area contributed by atoms with Crippen LogP contribution in [-0.2, 0) is 0 Å². The van der Waals surface area contributed by atoms with Crippen molar-refractivity contribution < 1.29 is 0 Å². The third-order valence-corrected chi connectivity index (χ3v) is 3.44. The predicted molar refractivity (Wildman–Crippen MR) is 77.9 cm³/mol. The van der Waals surface area contributed by atoms with E-state index in [1.807, 2.05) is 0 Å². The minimum absolute atomic E-state index is 0.345. The van der Waals surface area contributed by atoms with Gasteiger partial charge in [0, 0.05) is 38.3 Å². The molecular formula is C13H29N5. The first-order valence-corrected chi connectivity index (χ1v) is 7.05.